The number of urea groups is 1. The van der Waals surface area contributed by atoms with E-state index in [0.717, 1.165) is 29.4 Å². The first-order chi connectivity index (χ1) is 12.9. The van der Waals surface area contributed by atoms with Gasteiger partial charge in [-0.3, -0.25) is 10.1 Å². The van der Waals surface area contributed by atoms with Gasteiger partial charge in [0, 0.05) is 36.6 Å². The largest absolute Gasteiger partial charge is 0.497 e. The van der Waals surface area contributed by atoms with Crippen molar-refractivity contribution in [3.05, 3.63) is 41.1 Å². The average molecular weight is 396 g/mol. The number of amides is 3. The molecule has 2 unspecified atom stereocenters. The molecule has 0 spiro atoms. The summed E-state index contributed by atoms with van der Waals surface area (Å²) in [5, 5.41) is 8.46. The van der Waals surface area contributed by atoms with E-state index in [4.69, 9.17) is 4.74 Å². The van der Waals surface area contributed by atoms with Gasteiger partial charge in [0.15, 0.2) is 0 Å². The number of anilines is 1. The van der Waals surface area contributed by atoms with E-state index in [1.807, 2.05) is 0 Å². The molecule has 7 nitrogen and oxygen atoms in total. The number of nitrogens with zero attached hydrogens (tertiary/aromatic N) is 1. The Labute approximate surface area is 158 Å². The SMILES string of the molecule is COc1cc(F)c(C2CC(=O)NCC2NC(=O)Nc2cc(C)ns2)c(F)c1. The van der Waals surface area contributed by atoms with Crippen molar-refractivity contribution in [3.63, 3.8) is 0 Å². The van der Waals surface area contributed by atoms with E-state index in [0.29, 0.717) is 5.00 Å². The lowest BCUT2D eigenvalue weighted by molar-refractivity contribution is -0.123. The molecule has 0 radical (unpaired) electrons. The van der Waals surface area contributed by atoms with E-state index in [1.54, 1.807) is 13.0 Å². The van der Waals surface area contributed by atoms with Gasteiger partial charge in [-0.15, -0.1) is 0 Å². The molecular formula is C17H18F2N4O3S. The number of halogens is 2. The van der Waals surface area contributed by atoms with Crippen LogP contribution in [-0.4, -0.2) is 36.0 Å². The second kappa shape index (κ2) is 7.87. The van der Waals surface area contributed by atoms with Crippen molar-refractivity contribution in [2.24, 2.45) is 0 Å². The van der Waals surface area contributed by atoms with Crippen molar-refractivity contribution >= 4 is 28.5 Å². The highest BCUT2D eigenvalue weighted by atomic mass is 32.1. The van der Waals surface area contributed by atoms with Crippen LogP contribution in [0.4, 0.5) is 18.6 Å². The van der Waals surface area contributed by atoms with Crippen LogP contribution in [0.25, 0.3) is 0 Å². The van der Waals surface area contributed by atoms with Crippen LogP contribution >= 0.6 is 11.5 Å². The molecule has 27 heavy (non-hydrogen) atoms. The van der Waals surface area contributed by atoms with Gasteiger partial charge in [-0.05, 0) is 24.5 Å². The van der Waals surface area contributed by atoms with Crippen molar-refractivity contribution in [2.75, 3.05) is 19.0 Å². The van der Waals surface area contributed by atoms with Gasteiger partial charge in [0.25, 0.3) is 0 Å². The third-order valence-electron chi connectivity index (χ3n) is 4.25. The molecule has 1 aliphatic rings. The number of hydrogen-bond acceptors (Lipinski definition) is 5. The molecule has 1 fully saturated rings. The zero-order chi connectivity index (χ0) is 19.6. The number of benzene rings is 1. The zero-order valence-electron chi connectivity index (χ0n) is 14.6. The Balaban J connectivity index is 1.81. The molecular weight excluding hydrogens is 378 g/mol. The molecule has 1 aromatic heterocycles. The molecule has 3 N–H and O–H groups in total. The van der Waals surface area contributed by atoms with Gasteiger partial charge in [0.05, 0.1) is 18.8 Å². The Morgan fingerprint density at radius 3 is 2.63 bits per heavy atom. The minimum Gasteiger partial charge on any atom is -0.497 e. The molecule has 2 aromatic rings. The Bertz CT molecular complexity index is 851. The summed E-state index contributed by atoms with van der Waals surface area (Å²) >= 11 is 1.12. The minimum atomic E-state index is -0.849. The zero-order valence-corrected chi connectivity index (χ0v) is 15.5. The molecule has 3 amide bonds. The highest BCUT2D eigenvalue weighted by molar-refractivity contribution is 7.10. The van der Waals surface area contributed by atoms with Crippen molar-refractivity contribution in [3.8, 4) is 5.75 Å². The predicted octanol–water partition coefficient (Wildman–Crippen LogP) is 2.53. The van der Waals surface area contributed by atoms with E-state index < -0.39 is 29.6 Å². The van der Waals surface area contributed by atoms with E-state index in [2.05, 4.69) is 20.3 Å². The number of carbonyl (C=O) groups is 2. The number of ether oxygens (including phenoxy) is 1. The van der Waals surface area contributed by atoms with Gasteiger partial charge in [-0.25, -0.2) is 13.6 Å². The molecule has 144 valence electrons. The van der Waals surface area contributed by atoms with Crippen LogP contribution < -0.4 is 20.7 Å². The molecule has 0 saturated carbocycles. The van der Waals surface area contributed by atoms with Crippen LogP contribution in [0, 0.1) is 18.6 Å². The fourth-order valence-electron chi connectivity index (χ4n) is 3.01. The predicted molar refractivity (Wildman–Crippen MR) is 96.1 cm³/mol. The number of carbonyl (C=O) groups excluding carboxylic acids is 2. The first-order valence-corrected chi connectivity index (χ1v) is 8.95. The second-order valence-electron chi connectivity index (χ2n) is 6.16. The van der Waals surface area contributed by atoms with Crippen LogP contribution in [-0.2, 0) is 4.79 Å². The van der Waals surface area contributed by atoms with E-state index in [-0.39, 0.29) is 30.2 Å². The van der Waals surface area contributed by atoms with Gasteiger partial charge < -0.3 is 15.4 Å². The Morgan fingerprint density at radius 1 is 1.33 bits per heavy atom. The summed E-state index contributed by atoms with van der Waals surface area (Å²) in [6.45, 7) is 1.85. The molecule has 2 atom stereocenters. The molecule has 2 heterocycles. The smallest absolute Gasteiger partial charge is 0.320 e. The van der Waals surface area contributed by atoms with Crippen LogP contribution in [0.2, 0.25) is 0 Å². The number of piperidine rings is 1. The fraction of sp³-hybridized carbons (Fsp3) is 0.353. The third-order valence-corrected chi connectivity index (χ3v) is 5.05. The highest BCUT2D eigenvalue weighted by Gasteiger charge is 2.35. The maximum absolute atomic E-state index is 14.5. The lowest BCUT2D eigenvalue weighted by Crippen LogP contribution is -2.53. The number of aromatic nitrogens is 1. The summed E-state index contributed by atoms with van der Waals surface area (Å²) in [5.41, 5.74) is 0.519. The second-order valence-corrected chi connectivity index (χ2v) is 6.96. The number of rotatable bonds is 4. The van der Waals surface area contributed by atoms with Crippen LogP contribution in [0.3, 0.4) is 0 Å². The number of nitrogens with one attached hydrogen (secondary N) is 3. The summed E-state index contributed by atoms with van der Waals surface area (Å²) in [6.07, 6.45) is -0.148. The van der Waals surface area contributed by atoms with Gasteiger partial charge in [0.2, 0.25) is 5.91 Å². The van der Waals surface area contributed by atoms with Gasteiger partial charge in [-0.1, -0.05) is 0 Å². The summed E-state index contributed by atoms with van der Waals surface area (Å²) in [4.78, 5) is 24.1. The normalized spacial score (nSPS) is 19.3. The molecule has 1 saturated heterocycles. The van der Waals surface area contributed by atoms with Gasteiger partial charge in [-0.2, -0.15) is 4.37 Å². The first-order valence-electron chi connectivity index (χ1n) is 8.18. The Morgan fingerprint density at radius 2 is 2.04 bits per heavy atom. The summed E-state index contributed by atoms with van der Waals surface area (Å²) in [6, 6.07) is 2.59. The van der Waals surface area contributed by atoms with Crippen LogP contribution in [0.1, 0.15) is 23.6 Å². The quantitative estimate of drug-likeness (QED) is 0.741. The van der Waals surface area contributed by atoms with Gasteiger partial charge >= 0.3 is 6.03 Å². The molecule has 1 aliphatic heterocycles. The van der Waals surface area contributed by atoms with Crippen molar-refractivity contribution in [1.82, 2.24) is 15.0 Å². The van der Waals surface area contributed by atoms with Crippen molar-refractivity contribution < 1.29 is 23.1 Å². The third kappa shape index (κ3) is 4.33. The van der Waals surface area contributed by atoms with Crippen molar-refractivity contribution in [1.29, 1.82) is 0 Å². The summed E-state index contributed by atoms with van der Waals surface area (Å²) in [7, 11) is 1.30. The highest BCUT2D eigenvalue weighted by Crippen LogP contribution is 2.33. The maximum atomic E-state index is 14.5. The van der Waals surface area contributed by atoms with Gasteiger partial charge in [0.1, 0.15) is 22.4 Å². The molecule has 0 bridgehead atoms. The lowest BCUT2D eigenvalue weighted by Gasteiger charge is -2.32. The maximum Gasteiger partial charge on any atom is 0.320 e. The van der Waals surface area contributed by atoms with Crippen molar-refractivity contribution in [2.45, 2.75) is 25.3 Å². The van der Waals surface area contributed by atoms with Crippen LogP contribution in [0.15, 0.2) is 18.2 Å². The number of hydrogen-bond donors (Lipinski definition) is 3. The fourth-order valence-corrected chi connectivity index (χ4v) is 3.66. The Kier molecular flexibility index (Phi) is 5.54. The van der Waals surface area contributed by atoms with E-state index in [9.17, 15) is 18.4 Å². The molecule has 0 aliphatic carbocycles. The lowest BCUT2D eigenvalue weighted by atomic mass is 9.85. The first kappa shape index (κ1) is 19.0. The molecule has 1 aromatic carbocycles. The number of methoxy groups -OCH3 is 1. The number of aryl methyl sites for hydroxylation is 1. The Hall–Kier alpha value is -2.75. The summed E-state index contributed by atoms with van der Waals surface area (Å²) < 4.78 is 37.9. The summed E-state index contributed by atoms with van der Waals surface area (Å²) in [5.74, 6) is -2.80. The van der Waals surface area contributed by atoms with E-state index >= 15 is 0 Å². The molecule has 3 rings (SSSR count). The topological polar surface area (TPSA) is 92.4 Å². The molecule has 10 heteroatoms. The standard InChI is InChI=1S/C17H18F2N4O3S/c1-8-3-15(27-23-8)22-17(25)21-13-7-20-14(24)6-10(13)16-11(18)4-9(26-2)5-12(16)19/h3-5,10,13H,6-7H2,1-2H3,(H,20,24)(H2,21,22,25). The van der Waals surface area contributed by atoms with E-state index in [1.165, 1.54) is 7.11 Å². The minimum absolute atomic E-state index is 0.0387. The monoisotopic (exact) mass is 396 g/mol. The van der Waals surface area contributed by atoms with Crippen LogP contribution in [0.5, 0.6) is 5.75 Å². The average Bonchev–Trinajstić information content (AvgIpc) is 3.01.